The summed E-state index contributed by atoms with van der Waals surface area (Å²) in [6.07, 6.45) is -4.12. The highest BCUT2D eigenvalue weighted by molar-refractivity contribution is 7.09. The molecule has 0 spiro atoms. The fraction of sp³-hybridized carbons (Fsp3) is 0.727. The van der Waals surface area contributed by atoms with E-state index in [4.69, 9.17) is 0 Å². The second kappa shape index (κ2) is 6.35. The number of halogens is 3. The van der Waals surface area contributed by atoms with Crippen LogP contribution < -0.4 is 5.32 Å². The molecule has 0 aliphatic heterocycles. The summed E-state index contributed by atoms with van der Waals surface area (Å²) in [4.78, 5) is 5.18. The van der Waals surface area contributed by atoms with Crippen molar-refractivity contribution >= 4 is 11.3 Å². The van der Waals surface area contributed by atoms with E-state index in [1.807, 2.05) is 13.8 Å². The molecule has 1 atom stereocenters. The van der Waals surface area contributed by atoms with E-state index < -0.39 is 12.6 Å². The minimum atomic E-state index is -4.06. The molecule has 1 aromatic heterocycles. The van der Waals surface area contributed by atoms with Crippen LogP contribution in [0.4, 0.5) is 13.2 Å². The molecule has 0 fully saturated rings. The van der Waals surface area contributed by atoms with Crippen LogP contribution in [0.5, 0.6) is 0 Å². The lowest BCUT2D eigenvalue weighted by Gasteiger charge is -2.17. The Morgan fingerprint density at radius 1 is 1.47 bits per heavy atom. The van der Waals surface area contributed by atoms with Crippen LogP contribution >= 0.6 is 11.3 Å². The lowest BCUT2D eigenvalue weighted by Crippen LogP contribution is -2.21. The molecule has 0 amide bonds. The molecular formula is C11H17F3N2S. The van der Waals surface area contributed by atoms with Gasteiger partial charge in [0.2, 0.25) is 0 Å². The third-order valence-electron chi connectivity index (χ3n) is 2.50. The fourth-order valence-electron chi connectivity index (χ4n) is 1.72. The topological polar surface area (TPSA) is 24.9 Å². The first-order chi connectivity index (χ1) is 7.94. The number of thiazole rings is 1. The fourth-order valence-corrected chi connectivity index (χ4v) is 2.64. The molecule has 0 saturated carbocycles. The highest BCUT2D eigenvalue weighted by Crippen LogP contribution is 2.29. The van der Waals surface area contributed by atoms with E-state index in [1.165, 1.54) is 11.3 Å². The minimum Gasteiger partial charge on any atom is -0.309 e. The molecule has 98 valence electrons. The maximum absolute atomic E-state index is 12.1. The van der Waals surface area contributed by atoms with Crippen molar-refractivity contribution in [3.8, 4) is 0 Å². The second-order valence-electron chi connectivity index (χ2n) is 3.92. The molecule has 0 radical (unpaired) electrons. The number of nitrogens with one attached hydrogen (secondary N) is 1. The van der Waals surface area contributed by atoms with Gasteiger partial charge in [0, 0.05) is 17.3 Å². The van der Waals surface area contributed by atoms with Gasteiger partial charge < -0.3 is 5.32 Å². The van der Waals surface area contributed by atoms with Gasteiger partial charge in [-0.2, -0.15) is 13.2 Å². The number of hydrogen-bond donors (Lipinski definition) is 1. The van der Waals surface area contributed by atoms with Crippen LogP contribution in [0.15, 0.2) is 5.51 Å². The minimum absolute atomic E-state index is 0.00477. The quantitative estimate of drug-likeness (QED) is 0.846. The zero-order valence-corrected chi connectivity index (χ0v) is 10.8. The second-order valence-corrected chi connectivity index (χ2v) is 4.81. The van der Waals surface area contributed by atoms with Crippen molar-refractivity contribution in [3.05, 3.63) is 16.1 Å². The van der Waals surface area contributed by atoms with Gasteiger partial charge in [0.25, 0.3) is 0 Å². The molecule has 6 heteroatoms. The van der Waals surface area contributed by atoms with Crippen LogP contribution in [0.1, 0.15) is 42.8 Å². The summed E-state index contributed by atoms with van der Waals surface area (Å²) in [5.74, 6) is 0. The molecule has 1 heterocycles. The van der Waals surface area contributed by atoms with Crippen LogP contribution in [0.2, 0.25) is 0 Å². The molecular weight excluding hydrogens is 249 g/mol. The van der Waals surface area contributed by atoms with E-state index in [0.29, 0.717) is 6.42 Å². The average Bonchev–Trinajstić information content (AvgIpc) is 2.61. The summed E-state index contributed by atoms with van der Waals surface area (Å²) in [6.45, 7) is 4.58. The molecule has 0 saturated heterocycles. The SMILES string of the molecule is CCNC(CCCC(F)(F)F)c1scnc1C. The van der Waals surface area contributed by atoms with Crippen molar-refractivity contribution in [3.63, 3.8) is 0 Å². The van der Waals surface area contributed by atoms with Gasteiger partial charge in [0.15, 0.2) is 0 Å². The Hall–Kier alpha value is -0.620. The smallest absolute Gasteiger partial charge is 0.309 e. The molecule has 1 aromatic rings. The number of aromatic nitrogens is 1. The van der Waals surface area contributed by atoms with Gasteiger partial charge in [0.1, 0.15) is 0 Å². The van der Waals surface area contributed by atoms with Gasteiger partial charge in [-0.25, -0.2) is 4.98 Å². The zero-order chi connectivity index (χ0) is 12.9. The Bertz CT molecular complexity index is 336. The highest BCUT2D eigenvalue weighted by atomic mass is 32.1. The van der Waals surface area contributed by atoms with Gasteiger partial charge >= 0.3 is 6.18 Å². The Morgan fingerprint density at radius 2 is 2.18 bits per heavy atom. The molecule has 0 aliphatic rings. The number of aryl methyl sites for hydroxylation is 1. The maximum atomic E-state index is 12.1. The van der Waals surface area contributed by atoms with Crippen molar-refractivity contribution in [1.82, 2.24) is 10.3 Å². The van der Waals surface area contributed by atoms with E-state index in [2.05, 4.69) is 10.3 Å². The summed E-state index contributed by atoms with van der Waals surface area (Å²) in [5.41, 5.74) is 2.65. The molecule has 1 rings (SSSR count). The molecule has 0 bridgehead atoms. The van der Waals surface area contributed by atoms with Crippen molar-refractivity contribution < 1.29 is 13.2 Å². The Labute approximate surface area is 103 Å². The molecule has 0 aliphatic carbocycles. The van der Waals surface area contributed by atoms with E-state index in [9.17, 15) is 13.2 Å². The number of nitrogens with zero attached hydrogens (tertiary/aromatic N) is 1. The lowest BCUT2D eigenvalue weighted by molar-refractivity contribution is -0.135. The Morgan fingerprint density at radius 3 is 2.65 bits per heavy atom. The Balaban J connectivity index is 2.53. The number of alkyl halides is 3. The Kier molecular flexibility index (Phi) is 5.39. The van der Waals surface area contributed by atoms with E-state index >= 15 is 0 Å². The molecule has 17 heavy (non-hydrogen) atoms. The predicted molar refractivity (Wildman–Crippen MR) is 63.2 cm³/mol. The number of rotatable bonds is 6. The van der Waals surface area contributed by atoms with Crippen molar-refractivity contribution in [2.75, 3.05) is 6.54 Å². The number of hydrogen-bond acceptors (Lipinski definition) is 3. The lowest BCUT2D eigenvalue weighted by atomic mass is 10.1. The van der Waals surface area contributed by atoms with Crippen LogP contribution in [-0.4, -0.2) is 17.7 Å². The monoisotopic (exact) mass is 266 g/mol. The first-order valence-electron chi connectivity index (χ1n) is 5.64. The third-order valence-corrected chi connectivity index (χ3v) is 3.55. The van der Waals surface area contributed by atoms with E-state index in [1.54, 1.807) is 5.51 Å². The predicted octanol–water partition coefficient (Wildman–Crippen LogP) is 3.83. The summed E-state index contributed by atoms with van der Waals surface area (Å²) < 4.78 is 36.3. The van der Waals surface area contributed by atoms with Gasteiger partial charge in [-0.05, 0) is 26.3 Å². The largest absolute Gasteiger partial charge is 0.389 e. The molecule has 1 unspecified atom stereocenters. The highest BCUT2D eigenvalue weighted by Gasteiger charge is 2.27. The van der Waals surface area contributed by atoms with Crippen LogP contribution in [0, 0.1) is 6.92 Å². The standard InChI is InChI=1S/C11H17F3N2S/c1-3-15-9(5-4-6-11(12,13)14)10-8(2)16-7-17-10/h7,9,15H,3-6H2,1-2H3. The summed E-state index contributed by atoms with van der Waals surface area (Å²) >= 11 is 1.50. The van der Waals surface area contributed by atoms with Crippen LogP contribution in [0.3, 0.4) is 0 Å². The summed E-state index contributed by atoms with van der Waals surface area (Å²) in [5, 5.41) is 3.22. The summed E-state index contributed by atoms with van der Waals surface area (Å²) in [6, 6.07) is -0.00477. The van der Waals surface area contributed by atoms with Gasteiger partial charge in [0.05, 0.1) is 11.2 Å². The summed E-state index contributed by atoms with van der Waals surface area (Å²) in [7, 11) is 0. The first kappa shape index (κ1) is 14.4. The normalized spacial score (nSPS) is 13.9. The molecule has 2 nitrogen and oxygen atoms in total. The molecule has 1 N–H and O–H groups in total. The van der Waals surface area contributed by atoms with Gasteiger partial charge in [-0.3, -0.25) is 0 Å². The molecule has 0 aromatic carbocycles. The van der Waals surface area contributed by atoms with E-state index in [0.717, 1.165) is 17.1 Å². The first-order valence-corrected chi connectivity index (χ1v) is 6.52. The van der Waals surface area contributed by atoms with Crippen LogP contribution in [-0.2, 0) is 0 Å². The van der Waals surface area contributed by atoms with Crippen molar-refractivity contribution in [1.29, 1.82) is 0 Å². The zero-order valence-electron chi connectivity index (χ0n) is 9.97. The van der Waals surface area contributed by atoms with E-state index in [-0.39, 0.29) is 12.5 Å². The van der Waals surface area contributed by atoms with Gasteiger partial charge in [-0.15, -0.1) is 11.3 Å². The maximum Gasteiger partial charge on any atom is 0.389 e. The van der Waals surface area contributed by atoms with Crippen molar-refractivity contribution in [2.24, 2.45) is 0 Å². The van der Waals surface area contributed by atoms with Crippen LogP contribution in [0.25, 0.3) is 0 Å². The third kappa shape index (κ3) is 5.04. The van der Waals surface area contributed by atoms with Gasteiger partial charge in [-0.1, -0.05) is 6.92 Å². The van der Waals surface area contributed by atoms with Crippen molar-refractivity contribution in [2.45, 2.75) is 45.3 Å². The average molecular weight is 266 g/mol.